The molecule has 23 heavy (non-hydrogen) atoms. The van der Waals surface area contributed by atoms with Gasteiger partial charge in [0.2, 0.25) is 0 Å². The molecular weight excluding hydrogens is 306 g/mol. The third-order valence-electron chi connectivity index (χ3n) is 3.88. The van der Waals surface area contributed by atoms with Gasteiger partial charge in [0.1, 0.15) is 5.75 Å². The predicted molar refractivity (Wildman–Crippen MR) is 93.1 cm³/mol. The van der Waals surface area contributed by atoms with E-state index in [1.54, 1.807) is 11.3 Å². The molecule has 0 N–H and O–H groups in total. The van der Waals surface area contributed by atoms with E-state index in [0.717, 1.165) is 46.4 Å². The van der Waals surface area contributed by atoms with Crippen LogP contribution in [0, 0.1) is 25.2 Å². The largest absolute Gasteiger partial charge is 0.494 e. The van der Waals surface area contributed by atoms with Crippen LogP contribution in [0.4, 0.5) is 0 Å². The third-order valence-corrected chi connectivity index (χ3v) is 4.94. The van der Waals surface area contributed by atoms with E-state index < -0.39 is 0 Å². The van der Waals surface area contributed by atoms with Gasteiger partial charge in [-0.05, 0) is 44.5 Å². The summed E-state index contributed by atoms with van der Waals surface area (Å²) < 4.78 is 7.74. The van der Waals surface area contributed by atoms with Crippen molar-refractivity contribution in [1.29, 1.82) is 5.26 Å². The quantitative estimate of drug-likeness (QED) is 0.692. The van der Waals surface area contributed by atoms with Crippen molar-refractivity contribution in [2.24, 2.45) is 0 Å². The van der Waals surface area contributed by atoms with Gasteiger partial charge in [-0.25, -0.2) is 4.98 Å². The highest BCUT2D eigenvalue weighted by molar-refractivity contribution is 7.17. The molecule has 1 aromatic carbocycles. The highest BCUT2D eigenvalue weighted by Gasteiger charge is 2.18. The van der Waals surface area contributed by atoms with Crippen LogP contribution in [0.1, 0.15) is 29.6 Å². The maximum Gasteiger partial charge on any atom is 0.194 e. The Bertz CT molecular complexity index is 868. The number of fused-ring (bicyclic) bond motifs is 1. The Morgan fingerprint density at radius 2 is 2.00 bits per heavy atom. The molecule has 0 aliphatic rings. The van der Waals surface area contributed by atoms with E-state index in [4.69, 9.17) is 9.72 Å². The smallest absolute Gasteiger partial charge is 0.194 e. The molecule has 0 unspecified atom stereocenters. The number of thiazole rings is 1. The van der Waals surface area contributed by atoms with Gasteiger partial charge in [0.05, 0.1) is 30.5 Å². The second kappa shape index (κ2) is 6.43. The number of hydrogen-bond acceptors (Lipinski definition) is 4. The molecule has 0 saturated carbocycles. The molecule has 0 bridgehead atoms. The maximum atomic E-state index is 9.20. The molecule has 118 valence electrons. The fourth-order valence-corrected chi connectivity index (χ4v) is 3.60. The number of hydrogen-bond donors (Lipinski definition) is 0. The number of nitrogens with zero attached hydrogens (tertiary/aromatic N) is 3. The summed E-state index contributed by atoms with van der Waals surface area (Å²) in [5.74, 6) is 0.866. The number of ether oxygens (including phenoxy) is 1. The molecule has 0 amide bonds. The van der Waals surface area contributed by atoms with Crippen molar-refractivity contribution in [1.82, 2.24) is 9.38 Å². The number of aryl methyl sites for hydroxylation is 2. The minimum absolute atomic E-state index is 0.349. The van der Waals surface area contributed by atoms with Crippen molar-refractivity contribution in [3.05, 3.63) is 40.5 Å². The zero-order valence-electron chi connectivity index (χ0n) is 13.6. The fraction of sp³-hybridized carbons (Fsp3) is 0.333. The SMILES string of the molecule is CCCOc1ccc(-c2nc3sc(C)c(C)n3c2CC#N)cc1. The maximum absolute atomic E-state index is 9.20. The first-order valence-electron chi connectivity index (χ1n) is 7.73. The van der Waals surface area contributed by atoms with Gasteiger partial charge in [0.15, 0.2) is 4.96 Å². The zero-order chi connectivity index (χ0) is 16.4. The van der Waals surface area contributed by atoms with Crippen LogP contribution in [0.5, 0.6) is 5.75 Å². The molecule has 0 radical (unpaired) electrons. The van der Waals surface area contributed by atoms with Gasteiger partial charge in [0.25, 0.3) is 0 Å². The summed E-state index contributed by atoms with van der Waals surface area (Å²) in [7, 11) is 0. The summed E-state index contributed by atoms with van der Waals surface area (Å²) in [6.07, 6.45) is 1.34. The molecule has 5 heteroatoms. The molecular formula is C18H19N3OS. The Balaban J connectivity index is 2.05. The van der Waals surface area contributed by atoms with Gasteiger partial charge in [-0.15, -0.1) is 11.3 Å². The Hall–Kier alpha value is -2.32. The van der Waals surface area contributed by atoms with Crippen LogP contribution in [0.2, 0.25) is 0 Å². The van der Waals surface area contributed by atoms with Gasteiger partial charge in [-0.3, -0.25) is 4.40 Å². The Morgan fingerprint density at radius 3 is 2.65 bits per heavy atom. The summed E-state index contributed by atoms with van der Waals surface area (Å²) in [5.41, 5.74) is 4.04. The molecule has 2 heterocycles. The Kier molecular flexibility index (Phi) is 4.35. The van der Waals surface area contributed by atoms with Crippen LogP contribution in [-0.4, -0.2) is 16.0 Å². The highest BCUT2D eigenvalue weighted by atomic mass is 32.1. The van der Waals surface area contributed by atoms with Crippen LogP contribution in [0.3, 0.4) is 0 Å². The molecule has 0 fully saturated rings. The standard InChI is InChI=1S/C18H19N3OS/c1-4-11-22-15-7-5-14(6-8-15)17-16(9-10-19)21-12(2)13(3)23-18(21)20-17/h5-8H,4,9,11H2,1-3H3. The molecule has 4 nitrogen and oxygen atoms in total. The molecule has 0 atom stereocenters. The van der Waals surface area contributed by atoms with E-state index in [2.05, 4.69) is 31.2 Å². The normalized spacial score (nSPS) is 10.9. The van der Waals surface area contributed by atoms with E-state index in [9.17, 15) is 5.26 Å². The van der Waals surface area contributed by atoms with E-state index in [1.807, 2.05) is 24.3 Å². The van der Waals surface area contributed by atoms with Crippen LogP contribution in [0.25, 0.3) is 16.2 Å². The first-order chi connectivity index (χ1) is 11.2. The molecule has 0 aliphatic carbocycles. The van der Waals surface area contributed by atoms with E-state index in [0.29, 0.717) is 6.42 Å². The number of rotatable bonds is 5. The summed E-state index contributed by atoms with van der Waals surface area (Å²) in [4.78, 5) is 6.95. The monoisotopic (exact) mass is 325 g/mol. The number of aromatic nitrogens is 2. The van der Waals surface area contributed by atoms with Gasteiger partial charge >= 0.3 is 0 Å². The first kappa shape index (κ1) is 15.6. The lowest BCUT2D eigenvalue weighted by atomic mass is 10.1. The third kappa shape index (κ3) is 2.82. The average molecular weight is 325 g/mol. The average Bonchev–Trinajstić information content (AvgIpc) is 3.04. The zero-order valence-corrected chi connectivity index (χ0v) is 14.4. The van der Waals surface area contributed by atoms with Crippen molar-refractivity contribution < 1.29 is 4.74 Å². The second-order valence-electron chi connectivity index (χ2n) is 5.48. The van der Waals surface area contributed by atoms with Crippen molar-refractivity contribution in [2.45, 2.75) is 33.6 Å². The van der Waals surface area contributed by atoms with Crippen LogP contribution in [-0.2, 0) is 6.42 Å². The van der Waals surface area contributed by atoms with Gasteiger partial charge in [0, 0.05) is 16.1 Å². The Labute approximate surface area is 140 Å². The minimum Gasteiger partial charge on any atom is -0.494 e. The number of imidazole rings is 1. The van der Waals surface area contributed by atoms with E-state index >= 15 is 0 Å². The lowest BCUT2D eigenvalue weighted by Gasteiger charge is -2.06. The van der Waals surface area contributed by atoms with Crippen LogP contribution in [0.15, 0.2) is 24.3 Å². The summed E-state index contributed by atoms with van der Waals surface area (Å²) >= 11 is 1.67. The summed E-state index contributed by atoms with van der Waals surface area (Å²) in [6, 6.07) is 10.2. The van der Waals surface area contributed by atoms with Crippen LogP contribution < -0.4 is 4.74 Å². The van der Waals surface area contributed by atoms with Crippen molar-refractivity contribution in [3.63, 3.8) is 0 Å². The predicted octanol–water partition coefficient (Wildman–Crippen LogP) is 4.53. The molecule has 3 rings (SSSR count). The first-order valence-corrected chi connectivity index (χ1v) is 8.54. The molecule has 0 saturated heterocycles. The van der Waals surface area contributed by atoms with Gasteiger partial charge < -0.3 is 4.74 Å². The molecule has 0 aliphatic heterocycles. The number of benzene rings is 1. The van der Waals surface area contributed by atoms with Crippen LogP contribution >= 0.6 is 11.3 Å². The van der Waals surface area contributed by atoms with Gasteiger partial charge in [-0.2, -0.15) is 5.26 Å². The lowest BCUT2D eigenvalue weighted by Crippen LogP contribution is -1.96. The van der Waals surface area contributed by atoms with E-state index in [1.165, 1.54) is 4.88 Å². The number of nitriles is 1. The molecule has 3 aromatic rings. The summed E-state index contributed by atoms with van der Waals surface area (Å²) in [5, 5.41) is 9.20. The van der Waals surface area contributed by atoms with Crippen molar-refractivity contribution >= 4 is 16.3 Å². The minimum atomic E-state index is 0.349. The molecule has 2 aromatic heterocycles. The lowest BCUT2D eigenvalue weighted by molar-refractivity contribution is 0.317. The van der Waals surface area contributed by atoms with Gasteiger partial charge in [-0.1, -0.05) is 6.92 Å². The highest BCUT2D eigenvalue weighted by Crippen LogP contribution is 2.31. The van der Waals surface area contributed by atoms with Crippen molar-refractivity contribution in [3.8, 4) is 23.1 Å². The topological polar surface area (TPSA) is 50.3 Å². The summed E-state index contributed by atoms with van der Waals surface area (Å²) in [6.45, 7) is 6.97. The second-order valence-corrected chi connectivity index (χ2v) is 6.66. The van der Waals surface area contributed by atoms with E-state index in [-0.39, 0.29) is 0 Å². The van der Waals surface area contributed by atoms with Crippen molar-refractivity contribution in [2.75, 3.05) is 6.61 Å². The Morgan fingerprint density at radius 1 is 1.26 bits per heavy atom. The fourth-order valence-electron chi connectivity index (χ4n) is 2.61. The molecule has 0 spiro atoms.